The number of nitrogens with zero attached hydrogens (tertiary/aromatic N) is 3. The predicted octanol–water partition coefficient (Wildman–Crippen LogP) is 1.92. The number of halogens is 1. The molecule has 2 amide bonds. The summed E-state index contributed by atoms with van der Waals surface area (Å²) in [5, 5.41) is 15.9. The van der Waals surface area contributed by atoms with Crippen molar-refractivity contribution in [2.75, 3.05) is 49.5 Å². The molecule has 0 bridgehead atoms. The molecular formula is C21H24FN5O4. The standard InChI is InChI=1S/C21H24FN5O4/c1-15-6-7-17(19(14-15)27(30)31)24-21(29)20(28)23-8-9-25-10-12-26(13-11-25)18-5-3-2-4-16(18)22/h2-7,14H,8-13H2,1H3,(H,23,28)(H,24,29). The molecule has 9 nitrogen and oxygen atoms in total. The fourth-order valence-corrected chi connectivity index (χ4v) is 3.41. The molecular weight excluding hydrogens is 405 g/mol. The molecule has 2 N–H and O–H groups in total. The summed E-state index contributed by atoms with van der Waals surface area (Å²) >= 11 is 0. The Morgan fingerprint density at radius 1 is 1.10 bits per heavy atom. The van der Waals surface area contributed by atoms with E-state index in [-0.39, 0.29) is 23.7 Å². The first-order chi connectivity index (χ1) is 14.8. The third-order valence-electron chi connectivity index (χ3n) is 5.08. The van der Waals surface area contributed by atoms with Crippen LogP contribution in [0, 0.1) is 22.9 Å². The van der Waals surface area contributed by atoms with Crippen LogP contribution < -0.4 is 15.5 Å². The number of rotatable bonds is 6. The molecule has 0 unspecified atom stereocenters. The van der Waals surface area contributed by atoms with E-state index < -0.39 is 16.7 Å². The van der Waals surface area contributed by atoms with Crippen LogP contribution in [0.1, 0.15) is 5.56 Å². The van der Waals surface area contributed by atoms with Crippen molar-refractivity contribution in [2.45, 2.75) is 6.92 Å². The lowest BCUT2D eigenvalue weighted by Crippen LogP contribution is -2.49. The molecule has 1 aliphatic heterocycles. The van der Waals surface area contributed by atoms with E-state index >= 15 is 0 Å². The number of para-hydroxylation sites is 1. The maximum absolute atomic E-state index is 13.9. The first kappa shape index (κ1) is 22.2. The Bertz CT molecular complexity index is 976. The van der Waals surface area contributed by atoms with Gasteiger partial charge in [0.1, 0.15) is 11.5 Å². The molecule has 31 heavy (non-hydrogen) atoms. The Hall–Kier alpha value is -3.53. The van der Waals surface area contributed by atoms with Gasteiger partial charge in [0.15, 0.2) is 0 Å². The summed E-state index contributed by atoms with van der Waals surface area (Å²) in [4.78, 5) is 38.7. The summed E-state index contributed by atoms with van der Waals surface area (Å²) in [6.07, 6.45) is 0. The summed E-state index contributed by atoms with van der Waals surface area (Å²) < 4.78 is 13.9. The molecule has 0 saturated carbocycles. The number of hydrogen-bond donors (Lipinski definition) is 2. The molecule has 0 atom stereocenters. The minimum atomic E-state index is -0.962. The largest absolute Gasteiger partial charge is 0.367 e. The Balaban J connectivity index is 1.43. The molecule has 2 aromatic carbocycles. The second-order valence-electron chi connectivity index (χ2n) is 7.27. The van der Waals surface area contributed by atoms with Crippen molar-refractivity contribution in [1.82, 2.24) is 10.2 Å². The van der Waals surface area contributed by atoms with Crippen molar-refractivity contribution in [3.8, 4) is 0 Å². The van der Waals surface area contributed by atoms with Crippen LogP contribution in [-0.2, 0) is 9.59 Å². The van der Waals surface area contributed by atoms with Crippen molar-refractivity contribution >= 4 is 28.9 Å². The number of carbonyl (C=O) groups excluding carboxylic acids is 2. The van der Waals surface area contributed by atoms with Gasteiger partial charge in [-0.2, -0.15) is 0 Å². The minimum absolute atomic E-state index is 0.0278. The van der Waals surface area contributed by atoms with Crippen molar-refractivity contribution in [3.63, 3.8) is 0 Å². The van der Waals surface area contributed by atoms with Crippen molar-refractivity contribution < 1.29 is 18.9 Å². The zero-order chi connectivity index (χ0) is 22.4. The van der Waals surface area contributed by atoms with Crippen LogP contribution in [0.3, 0.4) is 0 Å². The maximum atomic E-state index is 13.9. The van der Waals surface area contributed by atoms with Gasteiger partial charge < -0.3 is 15.5 Å². The molecule has 1 heterocycles. The number of piperazine rings is 1. The van der Waals surface area contributed by atoms with E-state index in [1.807, 2.05) is 4.90 Å². The van der Waals surface area contributed by atoms with Gasteiger partial charge in [-0.15, -0.1) is 0 Å². The Kier molecular flexibility index (Phi) is 7.14. The molecule has 10 heteroatoms. The fraction of sp³-hybridized carbons (Fsp3) is 0.333. The lowest BCUT2D eigenvalue weighted by atomic mass is 10.2. The van der Waals surface area contributed by atoms with E-state index in [0.717, 1.165) is 0 Å². The van der Waals surface area contributed by atoms with Crippen LogP contribution >= 0.6 is 0 Å². The number of amides is 2. The summed E-state index contributed by atoms with van der Waals surface area (Å²) in [6.45, 7) is 5.20. The zero-order valence-electron chi connectivity index (χ0n) is 17.1. The molecule has 0 aromatic heterocycles. The average Bonchev–Trinajstić information content (AvgIpc) is 2.75. The lowest BCUT2D eigenvalue weighted by molar-refractivity contribution is -0.384. The van der Waals surface area contributed by atoms with Gasteiger partial charge in [-0.1, -0.05) is 18.2 Å². The van der Waals surface area contributed by atoms with E-state index in [4.69, 9.17) is 0 Å². The molecule has 0 aliphatic carbocycles. The number of carbonyl (C=O) groups is 2. The molecule has 3 rings (SSSR count). The first-order valence-corrected chi connectivity index (χ1v) is 9.91. The quantitative estimate of drug-likeness (QED) is 0.413. The molecule has 164 valence electrons. The van der Waals surface area contributed by atoms with Crippen LogP contribution in [0.15, 0.2) is 42.5 Å². The smallest absolute Gasteiger partial charge is 0.313 e. The Morgan fingerprint density at radius 3 is 2.48 bits per heavy atom. The predicted molar refractivity (Wildman–Crippen MR) is 115 cm³/mol. The summed E-state index contributed by atoms with van der Waals surface area (Å²) in [5.41, 5.74) is 0.954. The van der Waals surface area contributed by atoms with Gasteiger partial charge >= 0.3 is 11.8 Å². The molecule has 0 spiro atoms. The van der Waals surface area contributed by atoms with Gasteiger partial charge in [-0.3, -0.25) is 24.6 Å². The number of nitro groups is 1. The number of nitro benzene ring substituents is 1. The Labute approximate surface area is 179 Å². The molecule has 2 aromatic rings. The monoisotopic (exact) mass is 429 g/mol. The van der Waals surface area contributed by atoms with E-state index in [9.17, 15) is 24.1 Å². The van der Waals surface area contributed by atoms with Gasteiger partial charge in [0.2, 0.25) is 0 Å². The molecule has 1 saturated heterocycles. The highest BCUT2D eigenvalue weighted by atomic mass is 19.1. The van der Waals surface area contributed by atoms with Crippen LogP contribution in [0.25, 0.3) is 0 Å². The van der Waals surface area contributed by atoms with E-state index in [2.05, 4.69) is 15.5 Å². The maximum Gasteiger partial charge on any atom is 0.313 e. The van der Waals surface area contributed by atoms with Crippen molar-refractivity contribution in [1.29, 1.82) is 0 Å². The SMILES string of the molecule is Cc1ccc(NC(=O)C(=O)NCCN2CCN(c3ccccc3F)CC2)c([N+](=O)[O-])c1. The summed E-state index contributed by atoms with van der Waals surface area (Å²) in [5.74, 6) is -2.07. The van der Waals surface area contributed by atoms with Gasteiger partial charge in [0.05, 0.1) is 10.6 Å². The number of aryl methyl sites for hydroxylation is 1. The van der Waals surface area contributed by atoms with E-state index in [1.165, 1.54) is 18.2 Å². The van der Waals surface area contributed by atoms with Crippen LogP contribution in [0.5, 0.6) is 0 Å². The average molecular weight is 429 g/mol. The van der Waals surface area contributed by atoms with Gasteiger partial charge in [0, 0.05) is 45.3 Å². The second-order valence-corrected chi connectivity index (χ2v) is 7.27. The zero-order valence-corrected chi connectivity index (χ0v) is 17.1. The number of anilines is 2. The fourth-order valence-electron chi connectivity index (χ4n) is 3.41. The van der Waals surface area contributed by atoms with Crippen LogP contribution in [0.2, 0.25) is 0 Å². The lowest BCUT2D eigenvalue weighted by Gasteiger charge is -2.36. The first-order valence-electron chi connectivity index (χ1n) is 9.91. The normalized spacial score (nSPS) is 14.2. The van der Waals surface area contributed by atoms with Crippen LogP contribution in [-0.4, -0.2) is 60.9 Å². The topological polar surface area (TPSA) is 108 Å². The highest BCUT2D eigenvalue weighted by molar-refractivity contribution is 6.39. The van der Waals surface area contributed by atoms with Gasteiger partial charge in [0.25, 0.3) is 5.69 Å². The minimum Gasteiger partial charge on any atom is -0.367 e. The summed E-state index contributed by atoms with van der Waals surface area (Å²) in [7, 11) is 0. The molecule has 1 aliphatic rings. The van der Waals surface area contributed by atoms with Crippen molar-refractivity contribution in [2.24, 2.45) is 0 Å². The highest BCUT2D eigenvalue weighted by Gasteiger charge is 2.21. The van der Waals surface area contributed by atoms with Crippen LogP contribution in [0.4, 0.5) is 21.5 Å². The highest BCUT2D eigenvalue weighted by Crippen LogP contribution is 2.25. The molecule has 0 radical (unpaired) electrons. The third kappa shape index (κ3) is 5.76. The number of benzene rings is 2. The third-order valence-corrected chi connectivity index (χ3v) is 5.08. The Morgan fingerprint density at radius 2 is 1.81 bits per heavy atom. The number of hydrogen-bond acceptors (Lipinski definition) is 6. The van der Waals surface area contributed by atoms with Gasteiger partial charge in [-0.05, 0) is 30.7 Å². The summed E-state index contributed by atoms with van der Waals surface area (Å²) in [6, 6.07) is 11.0. The van der Waals surface area contributed by atoms with Crippen molar-refractivity contribution in [3.05, 3.63) is 64.0 Å². The molecule has 1 fully saturated rings. The second kappa shape index (κ2) is 9.98. The van der Waals surface area contributed by atoms with E-state index in [1.54, 1.807) is 31.2 Å². The number of nitrogens with one attached hydrogen (secondary N) is 2. The van der Waals surface area contributed by atoms with E-state index in [0.29, 0.717) is 44.0 Å². The van der Waals surface area contributed by atoms with Gasteiger partial charge in [-0.25, -0.2) is 4.39 Å².